The SMILES string of the molecule is Cc1ccc2cc1OCCNC(=O)C[C@@H]1CC[C@H](CNC2=O)N1C(=O)c1c(C)noc1C. The van der Waals surface area contributed by atoms with Crippen molar-refractivity contribution in [3.05, 3.63) is 46.3 Å². The number of aromatic nitrogens is 1. The minimum atomic E-state index is -0.271. The highest BCUT2D eigenvalue weighted by atomic mass is 16.5. The maximum Gasteiger partial charge on any atom is 0.259 e. The lowest BCUT2D eigenvalue weighted by Crippen LogP contribution is -2.48. The highest BCUT2D eigenvalue weighted by molar-refractivity contribution is 5.97. The van der Waals surface area contributed by atoms with Gasteiger partial charge in [-0.25, -0.2) is 0 Å². The molecule has 0 aliphatic carbocycles. The summed E-state index contributed by atoms with van der Waals surface area (Å²) in [4.78, 5) is 40.6. The summed E-state index contributed by atoms with van der Waals surface area (Å²) >= 11 is 0. The van der Waals surface area contributed by atoms with Gasteiger partial charge in [-0.1, -0.05) is 11.2 Å². The molecule has 3 heterocycles. The molecule has 1 fully saturated rings. The van der Waals surface area contributed by atoms with Crippen LogP contribution in [0.5, 0.6) is 5.75 Å². The van der Waals surface area contributed by atoms with Crippen LogP contribution in [0.1, 0.15) is 57.0 Å². The maximum absolute atomic E-state index is 13.5. The molecule has 1 saturated heterocycles. The molecule has 0 spiro atoms. The quantitative estimate of drug-likeness (QED) is 0.700. The van der Waals surface area contributed by atoms with Crippen LogP contribution in [0.4, 0.5) is 0 Å². The number of aryl methyl sites for hydroxylation is 3. The van der Waals surface area contributed by atoms with Crippen molar-refractivity contribution in [3.8, 4) is 5.75 Å². The van der Waals surface area contributed by atoms with Crippen LogP contribution in [0.25, 0.3) is 0 Å². The number of hydrogen-bond donors (Lipinski definition) is 2. The van der Waals surface area contributed by atoms with E-state index in [0.29, 0.717) is 47.7 Å². The van der Waals surface area contributed by atoms with Crippen molar-refractivity contribution in [2.45, 2.75) is 52.1 Å². The molecule has 32 heavy (non-hydrogen) atoms. The summed E-state index contributed by atoms with van der Waals surface area (Å²) in [5.41, 5.74) is 2.33. The average molecular weight is 441 g/mol. The summed E-state index contributed by atoms with van der Waals surface area (Å²) < 4.78 is 11.0. The molecule has 9 nitrogen and oxygen atoms in total. The minimum Gasteiger partial charge on any atom is -0.491 e. The fourth-order valence-electron chi connectivity index (χ4n) is 4.46. The van der Waals surface area contributed by atoms with Gasteiger partial charge >= 0.3 is 0 Å². The second-order valence-electron chi connectivity index (χ2n) is 8.39. The first kappa shape index (κ1) is 21.9. The van der Waals surface area contributed by atoms with Crippen LogP contribution in [0.15, 0.2) is 22.7 Å². The van der Waals surface area contributed by atoms with Gasteiger partial charge in [-0.05, 0) is 51.3 Å². The van der Waals surface area contributed by atoms with Gasteiger partial charge in [0.05, 0.1) is 12.2 Å². The third kappa shape index (κ3) is 4.32. The van der Waals surface area contributed by atoms with Gasteiger partial charge in [0.1, 0.15) is 23.7 Å². The Morgan fingerprint density at radius 1 is 1.12 bits per heavy atom. The Labute approximate surface area is 186 Å². The minimum absolute atomic E-state index is 0.139. The molecule has 0 radical (unpaired) electrons. The van der Waals surface area contributed by atoms with E-state index in [1.165, 1.54) is 0 Å². The number of carbonyl (C=O) groups is 3. The van der Waals surface area contributed by atoms with E-state index in [1.54, 1.807) is 30.9 Å². The molecule has 2 aliphatic rings. The number of amides is 3. The lowest BCUT2D eigenvalue weighted by molar-refractivity contribution is -0.122. The van der Waals surface area contributed by atoms with Gasteiger partial charge in [0, 0.05) is 30.6 Å². The Morgan fingerprint density at radius 2 is 1.91 bits per heavy atom. The van der Waals surface area contributed by atoms with E-state index in [2.05, 4.69) is 15.8 Å². The van der Waals surface area contributed by atoms with Crippen LogP contribution in [-0.2, 0) is 4.79 Å². The molecule has 0 unspecified atom stereocenters. The number of carbonyl (C=O) groups excluding carboxylic acids is 3. The lowest BCUT2D eigenvalue weighted by Gasteiger charge is -2.30. The van der Waals surface area contributed by atoms with Crippen LogP contribution in [-0.4, -0.2) is 59.6 Å². The zero-order valence-electron chi connectivity index (χ0n) is 18.6. The number of fused-ring (bicyclic) bond motifs is 4. The second kappa shape index (κ2) is 9.02. The standard InChI is InChI=1S/C23H28N4O5/c1-13-4-5-16-10-19(13)31-9-8-24-20(28)11-17-6-7-18(12-25-22(16)29)27(17)23(30)21-14(2)26-32-15(21)3/h4-5,10,17-18H,6-9,11-12H2,1-3H3,(H,24,28)(H,25,29)/t17-,18+/m0/s1. The Morgan fingerprint density at radius 3 is 2.66 bits per heavy atom. The molecule has 0 saturated carbocycles. The van der Waals surface area contributed by atoms with E-state index in [4.69, 9.17) is 9.26 Å². The Balaban J connectivity index is 1.63. The van der Waals surface area contributed by atoms with Crippen molar-refractivity contribution >= 4 is 17.7 Å². The largest absolute Gasteiger partial charge is 0.491 e. The number of nitrogens with one attached hydrogen (secondary N) is 2. The summed E-state index contributed by atoms with van der Waals surface area (Å²) in [6.45, 7) is 6.24. The van der Waals surface area contributed by atoms with Crippen LogP contribution >= 0.6 is 0 Å². The van der Waals surface area contributed by atoms with Crippen LogP contribution in [0.2, 0.25) is 0 Å². The molecule has 4 rings (SSSR count). The lowest BCUT2D eigenvalue weighted by atomic mass is 10.1. The fraction of sp³-hybridized carbons (Fsp3) is 0.478. The van der Waals surface area contributed by atoms with E-state index in [1.807, 2.05) is 13.0 Å². The number of nitrogens with zero attached hydrogens (tertiary/aromatic N) is 2. The van der Waals surface area contributed by atoms with E-state index >= 15 is 0 Å². The molecule has 9 heteroatoms. The molecule has 170 valence electrons. The molecule has 2 aliphatic heterocycles. The zero-order chi connectivity index (χ0) is 22.8. The number of benzene rings is 1. The van der Waals surface area contributed by atoms with Crippen molar-refractivity contribution in [2.24, 2.45) is 0 Å². The summed E-state index contributed by atoms with van der Waals surface area (Å²) in [6, 6.07) is 4.79. The van der Waals surface area contributed by atoms with Crippen LogP contribution in [0, 0.1) is 20.8 Å². The van der Waals surface area contributed by atoms with Crippen LogP contribution < -0.4 is 15.4 Å². The predicted octanol–water partition coefficient (Wildman–Crippen LogP) is 1.90. The molecular weight excluding hydrogens is 412 g/mol. The smallest absolute Gasteiger partial charge is 0.259 e. The molecule has 2 N–H and O–H groups in total. The summed E-state index contributed by atoms with van der Waals surface area (Å²) in [5.74, 6) is 0.465. The number of rotatable bonds is 1. The zero-order valence-corrected chi connectivity index (χ0v) is 18.6. The highest BCUT2D eigenvalue weighted by Crippen LogP contribution is 2.30. The first-order valence-corrected chi connectivity index (χ1v) is 10.9. The van der Waals surface area contributed by atoms with E-state index in [-0.39, 0.29) is 49.4 Å². The van der Waals surface area contributed by atoms with E-state index in [9.17, 15) is 14.4 Å². The average Bonchev–Trinajstić information content (AvgIpc) is 3.31. The van der Waals surface area contributed by atoms with Crippen molar-refractivity contribution in [2.75, 3.05) is 19.7 Å². The molecule has 1 aromatic heterocycles. The molecule has 1 aromatic carbocycles. The third-order valence-corrected chi connectivity index (χ3v) is 6.15. The molecule has 2 atom stereocenters. The van der Waals surface area contributed by atoms with Gasteiger partial charge in [-0.3, -0.25) is 14.4 Å². The predicted molar refractivity (Wildman–Crippen MR) is 116 cm³/mol. The van der Waals surface area contributed by atoms with Crippen LogP contribution in [0.3, 0.4) is 0 Å². The maximum atomic E-state index is 13.5. The van der Waals surface area contributed by atoms with Gasteiger partial charge in [-0.2, -0.15) is 0 Å². The van der Waals surface area contributed by atoms with Gasteiger partial charge in [0.25, 0.3) is 11.8 Å². The monoisotopic (exact) mass is 440 g/mol. The van der Waals surface area contributed by atoms with Gasteiger partial charge in [-0.15, -0.1) is 0 Å². The Hall–Kier alpha value is -3.36. The summed E-state index contributed by atoms with van der Waals surface area (Å²) in [6.07, 6.45) is 1.55. The first-order chi connectivity index (χ1) is 15.3. The number of hydrogen-bond acceptors (Lipinski definition) is 6. The summed E-state index contributed by atoms with van der Waals surface area (Å²) in [5, 5.41) is 9.72. The van der Waals surface area contributed by atoms with Gasteiger partial charge in [0.2, 0.25) is 5.91 Å². The van der Waals surface area contributed by atoms with Crippen molar-refractivity contribution in [3.63, 3.8) is 0 Å². The highest BCUT2D eigenvalue weighted by Gasteiger charge is 2.40. The third-order valence-electron chi connectivity index (χ3n) is 6.15. The molecular formula is C23H28N4O5. The second-order valence-corrected chi connectivity index (χ2v) is 8.39. The molecule has 2 aromatic rings. The molecule has 4 bridgehead atoms. The van der Waals surface area contributed by atoms with Crippen molar-refractivity contribution in [1.29, 1.82) is 0 Å². The normalized spacial score (nSPS) is 21.8. The van der Waals surface area contributed by atoms with Gasteiger partial charge in [0.15, 0.2) is 0 Å². The topological polar surface area (TPSA) is 114 Å². The Kier molecular flexibility index (Phi) is 6.16. The first-order valence-electron chi connectivity index (χ1n) is 10.9. The van der Waals surface area contributed by atoms with Crippen molar-refractivity contribution in [1.82, 2.24) is 20.7 Å². The number of ether oxygens (including phenoxy) is 1. The van der Waals surface area contributed by atoms with E-state index < -0.39 is 0 Å². The summed E-state index contributed by atoms with van der Waals surface area (Å²) in [7, 11) is 0. The molecule has 3 amide bonds. The van der Waals surface area contributed by atoms with Gasteiger partial charge < -0.3 is 24.8 Å². The Bertz CT molecular complexity index is 1030. The fourth-order valence-corrected chi connectivity index (χ4v) is 4.46. The van der Waals surface area contributed by atoms with Crippen molar-refractivity contribution < 1.29 is 23.6 Å². The van der Waals surface area contributed by atoms with E-state index in [0.717, 1.165) is 5.56 Å².